The van der Waals surface area contributed by atoms with E-state index in [9.17, 15) is 9.59 Å². The fraction of sp³-hybridized carbons (Fsp3) is 0.833. The molecule has 1 rings (SSSR count). The zero-order chi connectivity index (χ0) is 13.6. The average Bonchev–Trinajstić information content (AvgIpc) is 2.27. The second-order valence-corrected chi connectivity index (χ2v) is 5.39. The van der Waals surface area contributed by atoms with Crippen molar-refractivity contribution >= 4 is 11.8 Å². The second-order valence-electron chi connectivity index (χ2n) is 5.39. The van der Waals surface area contributed by atoms with Crippen molar-refractivity contribution in [2.75, 3.05) is 39.4 Å². The summed E-state index contributed by atoms with van der Waals surface area (Å²) in [5.74, 6) is -0.0841. The number of amides is 2. The van der Waals surface area contributed by atoms with Crippen LogP contribution in [0, 0.1) is 0 Å². The zero-order valence-electron chi connectivity index (χ0n) is 11.4. The molecule has 0 spiro atoms. The third-order valence-electron chi connectivity index (χ3n) is 2.44. The smallest absolute Gasteiger partial charge is 0.236 e. The van der Waals surface area contributed by atoms with Gasteiger partial charge in [0.2, 0.25) is 11.8 Å². The lowest BCUT2D eigenvalue weighted by molar-refractivity contribution is -0.134. The number of carbonyl (C=O) groups is 2. The molecule has 0 aromatic heterocycles. The second kappa shape index (κ2) is 6.70. The van der Waals surface area contributed by atoms with Crippen LogP contribution in [0.2, 0.25) is 0 Å². The minimum absolute atomic E-state index is 0.0156. The number of hydrogen-bond acceptors (Lipinski definition) is 4. The van der Waals surface area contributed by atoms with Crippen molar-refractivity contribution in [2.24, 2.45) is 0 Å². The van der Waals surface area contributed by atoms with Gasteiger partial charge in [0.15, 0.2) is 0 Å². The molecule has 1 saturated heterocycles. The summed E-state index contributed by atoms with van der Waals surface area (Å²) in [5, 5.41) is 5.69. The topological polar surface area (TPSA) is 70.7 Å². The van der Waals surface area contributed by atoms with E-state index in [0.29, 0.717) is 26.3 Å². The van der Waals surface area contributed by atoms with Crippen molar-refractivity contribution in [1.82, 2.24) is 15.5 Å². The van der Waals surface area contributed by atoms with Crippen molar-refractivity contribution in [2.45, 2.75) is 26.3 Å². The molecule has 0 radical (unpaired) electrons. The van der Waals surface area contributed by atoms with E-state index in [2.05, 4.69) is 10.6 Å². The van der Waals surface area contributed by atoms with Gasteiger partial charge in [0.1, 0.15) is 0 Å². The van der Waals surface area contributed by atoms with Crippen LogP contribution in [0.25, 0.3) is 0 Å². The van der Waals surface area contributed by atoms with Crippen LogP contribution in [0.15, 0.2) is 0 Å². The molecule has 0 aromatic carbocycles. The summed E-state index contributed by atoms with van der Waals surface area (Å²) in [6.07, 6.45) is 0. The Morgan fingerprint density at radius 3 is 2.33 bits per heavy atom. The molecule has 6 nitrogen and oxygen atoms in total. The predicted molar refractivity (Wildman–Crippen MR) is 68.2 cm³/mol. The largest absolute Gasteiger partial charge is 0.378 e. The van der Waals surface area contributed by atoms with Crippen LogP contribution in [0.4, 0.5) is 0 Å². The molecule has 0 aromatic rings. The molecule has 0 bridgehead atoms. The van der Waals surface area contributed by atoms with Crippen molar-refractivity contribution < 1.29 is 14.3 Å². The summed E-state index contributed by atoms with van der Waals surface area (Å²) in [4.78, 5) is 25.0. The van der Waals surface area contributed by atoms with Crippen LogP contribution < -0.4 is 10.6 Å². The maximum absolute atomic E-state index is 11.7. The lowest BCUT2D eigenvalue weighted by Crippen LogP contribution is -2.48. The Hall–Kier alpha value is -1.14. The highest BCUT2D eigenvalue weighted by Gasteiger charge is 2.17. The zero-order valence-corrected chi connectivity index (χ0v) is 11.4. The van der Waals surface area contributed by atoms with E-state index in [1.165, 1.54) is 0 Å². The van der Waals surface area contributed by atoms with Gasteiger partial charge < -0.3 is 15.0 Å². The summed E-state index contributed by atoms with van der Waals surface area (Å²) in [6, 6.07) is 0. The first-order valence-electron chi connectivity index (χ1n) is 6.26. The van der Waals surface area contributed by atoms with Gasteiger partial charge >= 0.3 is 0 Å². The highest BCUT2D eigenvalue weighted by molar-refractivity contribution is 5.81. The Labute approximate surface area is 108 Å². The number of morpholine rings is 1. The molecule has 2 amide bonds. The van der Waals surface area contributed by atoms with Crippen LogP contribution in [-0.4, -0.2) is 61.6 Å². The van der Waals surface area contributed by atoms with Crippen LogP contribution in [0.3, 0.4) is 0 Å². The van der Waals surface area contributed by atoms with Gasteiger partial charge in [-0.25, -0.2) is 0 Å². The van der Waals surface area contributed by atoms with Gasteiger partial charge in [0.05, 0.1) is 26.3 Å². The molecule has 1 heterocycles. The summed E-state index contributed by atoms with van der Waals surface area (Å²) in [6.45, 7) is 8.57. The van der Waals surface area contributed by atoms with Crippen LogP contribution in [-0.2, 0) is 14.3 Å². The number of nitrogens with zero attached hydrogens (tertiary/aromatic N) is 1. The quantitative estimate of drug-likeness (QED) is 0.702. The van der Waals surface area contributed by atoms with Crippen LogP contribution in [0.5, 0.6) is 0 Å². The molecule has 0 aliphatic carbocycles. The molecular formula is C12H23N3O3. The van der Waals surface area contributed by atoms with Gasteiger partial charge in [-0.3, -0.25) is 14.9 Å². The van der Waals surface area contributed by atoms with Crippen LogP contribution in [0.1, 0.15) is 20.8 Å². The van der Waals surface area contributed by atoms with E-state index in [4.69, 9.17) is 4.74 Å². The lowest BCUT2D eigenvalue weighted by atomic mass is 10.1. The molecule has 18 heavy (non-hydrogen) atoms. The minimum Gasteiger partial charge on any atom is -0.378 e. The van der Waals surface area contributed by atoms with Gasteiger partial charge in [0, 0.05) is 18.6 Å². The Kier molecular flexibility index (Phi) is 5.55. The predicted octanol–water partition coefficient (Wildman–Crippen LogP) is -0.650. The fourth-order valence-electron chi connectivity index (χ4n) is 1.67. The summed E-state index contributed by atoms with van der Waals surface area (Å²) >= 11 is 0. The molecule has 2 N–H and O–H groups in total. The Bertz CT molecular complexity index is 293. The Morgan fingerprint density at radius 2 is 1.78 bits per heavy atom. The van der Waals surface area contributed by atoms with Gasteiger partial charge in [-0.05, 0) is 20.8 Å². The van der Waals surface area contributed by atoms with Crippen molar-refractivity contribution in [1.29, 1.82) is 0 Å². The molecule has 1 aliphatic heterocycles. The summed E-state index contributed by atoms with van der Waals surface area (Å²) in [5.41, 5.74) is -0.243. The van der Waals surface area contributed by atoms with E-state index in [-0.39, 0.29) is 30.4 Å². The van der Waals surface area contributed by atoms with Gasteiger partial charge in [-0.2, -0.15) is 0 Å². The monoisotopic (exact) mass is 257 g/mol. The molecule has 0 atom stereocenters. The minimum atomic E-state index is -0.243. The molecule has 104 valence electrons. The first-order chi connectivity index (χ1) is 8.38. The number of hydrogen-bond donors (Lipinski definition) is 2. The maximum Gasteiger partial charge on any atom is 0.236 e. The number of ether oxygens (including phenoxy) is 1. The molecule has 6 heteroatoms. The average molecular weight is 257 g/mol. The highest BCUT2D eigenvalue weighted by atomic mass is 16.5. The third-order valence-corrected chi connectivity index (χ3v) is 2.44. The van der Waals surface area contributed by atoms with Gasteiger partial charge in [0.25, 0.3) is 0 Å². The number of carbonyl (C=O) groups excluding carboxylic acids is 2. The van der Waals surface area contributed by atoms with E-state index in [0.717, 1.165) is 0 Å². The van der Waals surface area contributed by atoms with Crippen molar-refractivity contribution in [3.8, 4) is 0 Å². The molecule has 1 aliphatic rings. The Balaban J connectivity index is 2.17. The first kappa shape index (κ1) is 14.9. The van der Waals surface area contributed by atoms with Gasteiger partial charge in [-0.15, -0.1) is 0 Å². The summed E-state index contributed by atoms with van der Waals surface area (Å²) in [7, 11) is 0. The third kappa shape index (κ3) is 5.97. The maximum atomic E-state index is 11.7. The standard InChI is InChI=1S/C12H23N3O3/c1-12(2,3)14-10(16)8-13-9-11(17)15-4-6-18-7-5-15/h13H,4-9H2,1-3H3,(H,14,16). The molecule has 1 fully saturated rings. The van der Waals surface area contributed by atoms with Crippen molar-refractivity contribution in [3.63, 3.8) is 0 Å². The number of nitrogens with one attached hydrogen (secondary N) is 2. The molecular weight excluding hydrogens is 234 g/mol. The SMILES string of the molecule is CC(C)(C)NC(=O)CNCC(=O)N1CCOCC1. The van der Waals surface area contributed by atoms with E-state index in [1.54, 1.807) is 4.90 Å². The summed E-state index contributed by atoms with van der Waals surface area (Å²) < 4.78 is 5.17. The highest BCUT2D eigenvalue weighted by Crippen LogP contribution is 1.98. The van der Waals surface area contributed by atoms with Crippen LogP contribution >= 0.6 is 0 Å². The normalized spacial score (nSPS) is 16.5. The van der Waals surface area contributed by atoms with E-state index >= 15 is 0 Å². The Morgan fingerprint density at radius 1 is 1.17 bits per heavy atom. The lowest BCUT2D eigenvalue weighted by Gasteiger charge is -2.27. The van der Waals surface area contributed by atoms with E-state index < -0.39 is 0 Å². The number of rotatable bonds is 4. The van der Waals surface area contributed by atoms with Gasteiger partial charge in [-0.1, -0.05) is 0 Å². The molecule has 0 unspecified atom stereocenters. The fourth-order valence-corrected chi connectivity index (χ4v) is 1.67. The van der Waals surface area contributed by atoms with Crippen molar-refractivity contribution in [3.05, 3.63) is 0 Å². The molecule has 0 saturated carbocycles. The first-order valence-corrected chi connectivity index (χ1v) is 6.26. The van der Waals surface area contributed by atoms with E-state index in [1.807, 2.05) is 20.8 Å².